The third-order valence-corrected chi connectivity index (χ3v) is 5.20. The molecule has 1 aliphatic heterocycles. The predicted octanol–water partition coefficient (Wildman–Crippen LogP) is 3.42. The van der Waals surface area contributed by atoms with Gasteiger partial charge in [-0.15, -0.1) is 0 Å². The van der Waals surface area contributed by atoms with E-state index in [9.17, 15) is 4.57 Å². The fourth-order valence-electron chi connectivity index (χ4n) is 2.56. The first-order valence-electron chi connectivity index (χ1n) is 6.70. The van der Waals surface area contributed by atoms with Gasteiger partial charge in [0.15, 0.2) is 0 Å². The van der Waals surface area contributed by atoms with Crippen molar-refractivity contribution in [1.82, 2.24) is 10.2 Å². The van der Waals surface area contributed by atoms with Crippen molar-refractivity contribution in [3.05, 3.63) is 30.3 Å². The molecule has 1 aromatic rings. The summed E-state index contributed by atoms with van der Waals surface area (Å²) in [6, 6.07) is 9.43. The van der Waals surface area contributed by atoms with E-state index in [1.54, 1.807) is 0 Å². The van der Waals surface area contributed by atoms with E-state index in [0.717, 1.165) is 0 Å². The quantitative estimate of drug-likeness (QED) is 0.834. The number of rotatable bonds is 3. The maximum atomic E-state index is 12.8. The summed E-state index contributed by atoms with van der Waals surface area (Å²) in [4.78, 5) is 0. The highest BCUT2D eigenvalue weighted by atomic mass is 31.2. The average molecular weight is 282 g/mol. The second-order valence-corrected chi connectivity index (χ2v) is 7.99. The van der Waals surface area contributed by atoms with Crippen LogP contribution in [0.15, 0.2) is 30.3 Å². The van der Waals surface area contributed by atoms with E-state index in [0.29, 0.717) is 18.2 Å². The Kier molecular flexibility index (Phi) is 4.05. The van der Waals surface area contributed by atoms with E-state index in [-0.39, 0.29) is 11.5 Å². The van der Waals surface area contributed by atoms with Crippen LogP contribution >= 0.6 is 7.67 Å². The summed E-state index contributed by atoms with van der Waals surface area (Å²) in [6.07, 6.45) is 0. The Bertz CT molecular complexity index is 474. The van der Waals surface area contributed by atoms with E-state index in [2.05, 4.69) is 37.9 Å². The maximum absolute atomic E-state index is 12.8. The Morgan fingerprint density at radius 1 is 1.32 bits per heavy atom. The molecule has 2 atom stereocenters. The van der Waals surface area contributed by atoms with Gasteiger partial charge in [-0.1, -0.05) is 45.9 Å². The average Bonchev–Trinajstić information content (AvgIpc) is 2.34. The lowest BCUT2D eigenvalue weighted by molar-refractivity contribution is 0.190. The van der Waals surface area contributed by atoms with Crippen molar-refractivity contribution in [2.24, 2.45) is 11.3 Å². The molecular weight excluding hydrogens is 259 g/mol. The highest BCUT2D eigenvalue weighted by Gasteiger charge is 2.43. The van der Waals surface area contributed by atoms with Gasteiger partial charge in [0.05, 0.1) is 0 Å². The monoisotopic (exact) mass is 282 g/mol. The predicted molar refractivity (Wildman–Crippen MR) is 78.2 cm³/mol. The Balaban J connectivity index is 2.15. The Hall–Kier alpha value is -0.830. The SMILES string of the molecule is CC(C)[C@H]1N[P@@](=O)(Oc2ccccc2)NCC1(C)C. The van der Waals surface area contributed by atoms with Crippen LogP contribution < -0.4 is 14.7 Å². The van der Waals surface area contributed by atoms with E-state index >= 15 is 0 Å². The van der Waals surface area contributed by atoms with Crippen LogP contribution in [0, 0.1) is 11.3 Å². The Labute approximate surface area is 115 Å². The fourth-order valence-corrected chi connectivity index (χ4v) is 4.82. The normalized spacial score (nSPS) is 30.3. The van der Waals surface area contributed by atoms with Gasteiger partial charge in [-0.3, -0.25) is 0 Å². The highest BCUT2D eigenvalue weighted by Crippen LogP contribution is 2.46. The molecule has 2 N–H and O–H groups in total. The maximum Gasteiger partial charge on any atom is 0.390 e. The van der Waals surface area contributed by atoms with Gasteiger partial charge in [0, 0.05) is 12.6 Å². The first kappa shape index (κ1) is 14.6. The minimum atomic E-state index is -3.03. The Morgan fingerprint density at radius 3 is 2.53 bits per heavy atom. The zero-order valence-electron chi connectivity index (χ0n) is 12.0. The molecule has 2 rings (SSSR count). The fraction of sp³-hybridized carbons (Fsp3) is 0.571. The van der Waals surface area contributed by atoms with Crippen molar-refractivity contribution in [1.29, 1.82) is 0 Å². The van der Waals surface area contributed by atoms with Crippen LogP contribution in [-0.4, -0.2) is 12.6 Å². The molecule has 0 unspecified atom stereocenters. The second kappa shape index (κ2) is 5.28. The third kappa shape index (κ3) is 3.38. The molecule has 1 fully saturated rings. The molecule has 0 spiro atoms. The van der Waals surface area contributed by atoms with Crippen molar-refractivity contribution in [3.63, 3.8) is 0 Å². The summed E-state index contributed by atoms with van der Waals surface area (Å²) >= 11 is 0. The van der Waals surface area contributed by atoms with Crippen molar-refractivity contribution < 1.29 is 9.09 Å². The molecule has 0 saturated carbocycles. The molecule has 106 valence electrons. The molecule has 0 aromatic heterocycles. The molecule has 0 aliphatic carbocycles. The summed E-state index contributed by atoms with van der Waals surface area (Å²) in [7, 11) is -3.03. The van der Waals surface area contributed by atoms with Crippen LogP contribution in [0.3, 0.4) is 0 Å². The lowest BCUT2D eigenvalue weighted by Crippen LogP contribution is -2.55. The number of benzene rings is 1. The first-order chi connectivity index (χ1) is 8.82. The van der Waals surface area contributed by atoms with E-state index < -0.39 is 7.67 Å². The summed E-state index contributed by atoms with van der Waals surface area (Å²) in [5.41, 5.74) is 0.0438. The summed E-state index contributed by atoms with van der Waals surface area (Å²) in [5.74, 6) is 1.01. The van der Waals surface area contributed by atoms with Gasteiger partial charge in [-0.25, -0.2) is 14.7 Å². The van der Waals surface area contributed by atoms with E-state index in [4.69, 9.17) is 4.52 Å². The number of para-hydroxylation sites is 1. The molecule has 0 bridgehead atoms. The Morgan fingerprint density at radius 2 is 1.95 bits per heavy atom. The smallest absolute Gasteiger partial charge is 0.390 e. The molecule has 1 saturated heterocycles. The van der Waals surface area contributed by atoms with Gasteiger partial charge in [-0.05, 0) is 23.5 Å². The van der Waals surface area contributed by atoms with Gasteiger partial charge >= 0.3 is 7.67 Å². The van der Waals surface area contributed by atoms with E-state index in [1.165, 1.54) is 0 Å². The first-order valence-corrected chi connectivity index (χ1v) is 8.32. The summed E-state index contributed by atoms with van der Waals surface area (Å²) < 4.78 is 18.4. The number of nitrogens with one attached hydrogen (secondary N) is 2. The van der Waals surface area contributed by atoms with Crippen LogP contribution in [-0.2, 0) is 4.57 Å². The molecule has 1 aromatic carbocycles. The number of hydrogen-bond donors (Lipinski definition) is 2. The van der Waals surface area contributed by atoms with Gasteiger partial charge in [0.2, 0.25) is 0 Å². The second-order valence-electron chi connectivity index (χ2n) is 6.13. The number of hydrogen-bond acceptors (Lipinski definition) is 2. The summed E-state index contributed by atoms with van der Waals surface area (Å²) in [6.45, 7) is 9.29. The van der Waals surface area contributed by atoms with Crippen LogP contribution in [0.2, 0.25) is 0 Å². The van der Waals surface area contributed by atoms with Gasteiger partial charge in [0.1, 0.15) is 5.75 Å². The zero-order valence-corrected chi connectivity index (χ0v) is 12.9. The van der Waals surface area contributed by atoms with Crippen LogP contribution in [0.4, 0.5) is 0 Å². The minimum absolute atomic E-state index is 0.0438. The molecule has 0 radical (unpaired) electrons. The van der Waals surface area contributed by atoms with Crippen molar-refractivity contribution in [3.8, 4) is 5.75 Å². The van der Waals surface area contributed by atoms with Crippen LogP contribution in [0.5, 0.6) is 5.75 Å². The molecule has 0 amide bonds. The molecular formula is C14H23N2O2P. The van der Waals surface area contributed by atoms with Crippen molar-refractivity contribution >= 4 is 7.67 Å². The van der Waals surface area contributed by atoms with Gasteiger partial charge in [0.25, 0.3) is 0 Å². The van der Waals surface area contributed by atoms with E-state index in [1.807, 2.05) is 30.3 Å². The minimum Gasteiger partial charge on any atom is -0.422 e. The van der Waals surface area contributed by atoms with Gasteiger partial charge in [-0.2, -0.15) is 0 Å². The third-order valence-electron chi connectivity index (χ3n) is 3.54. The molecule has 1 aliphatic rings. The molecule has 1 heterocycles. The topological polar surface area (TPSA) is 50.4 Å². The van der Waals surface area contributed by atoms with Gasteiger partial charge < -0.3 is 4.52 Å². The molecule has 4 nitrogen and oxygen atoms in total. The lowest BCUT2D eigenvalue weighted by atomic mass is 9.79. The lowest BCUT2D eigenvalue weighted by Gasteiger charge is -2.44. The van der Waals surface area contributed by atoms with Crippen LogP contribution in [0.1, 0.15) is 27.7 Å². The molecule has 5 heteroatoms. The largest absolute Gasteiger partial charge is 0.422 e. The standard InChI is InChI=1S/C14H23N2O2P/c1-11(2)13-14(3,4)10-15-19(17,16-13)18-12-8-6-5-7-9-12/h5-9,11,13H,10H2,1-4H3,(H2,15,16,17)/t13-,19+/m1/s1. The van der Waals surface area contributed by atoms with Crippen LogP contribution in [0.25, 0.3) is 0 Å². The molecule has 19 heavy (non-hydrogen) atoms. The van der Waals surface area contributed by atoms with Crippen molar-refractivity contribution in [2.45, 2.75) is 33.7 Å². The summed E-state index contributed by atoms with van der Waals surface area (Å²) in [5, 5.41) is 6.23. The zero-order chi connectivity index (χ0) is 14.1. The van der Waals surface area contributed by atoms with Crippen molar-refractivity contribution in [2.75, 3.05) is 6.54 Å². The highest BCUT2D eigenvalue weighted by molar-refractivity contribution is 7.55.